The predicted molar refractivity (Wildman–Crippen MR) is 113 cm³/mol. The molecule has 0 radical (unpaired) electrons. The van der Waals surface area contributed by atoms with Gasteiger partial charge in [-0.2, -0.15) is 0 Å². The van der Waals surface area contributed by atoms with Gasteiger partial charge in [0.1, 0.15) is 24.4 Å². The van der Waals surface area contributed by atoms with Crippen molar-refractivity contribution >= 4 is 5.91 Å². The minimum Gasteiger partial charge on any atom is -0.388 e. The summed E-state index contributed by atoms with van der Waals surface area (Å²) >= 11 is 0. The molecule has 2 heterocycles. The van der Waals surface area contributed by atoms with Crippen LogP contribution in [0.25, 0.3) is 0 Å². The maximum absolute atomic E-state index is 12.3. The van der Waals surface area contributed by atoms with Crippen molar-refractivity contribution < 1.29 is 28.8 Å². The van der Waals surface area contributed by atoms with Gasteiger partial charge in [-0.1, -0.05) is 60.7 Å². The van der Waals surface area contributed by atoms with Crippen LogP contribution in [-0.2, 0) is 30.3 Å². The molecule has 0 aromatic heterocycles. The number of fused-ring (bicyclic) bond motifs is 1. The Morgan fingerprint density at radius 1 is 1.10 bits per heavy atom. The molecule has 6 atom stereocenters. The molecule has 1 N–H and O–H groups in total. The Morgan fingerprint density at radius 3 is 2.42 bits per heavy atom. The first-order valence-corrected chi connectivity index (χ1v) is 10.7. The van der Waals surface area contributed by atoms with E-state index in [2.05, 4.69) is 0 Å². The number of carbonyl (C=O) groups is 1. The molecule has 166 valence electrons. The quantitative estimate of drug-likeness (QED) is 0.764. The smallest absolute Gasteiger partial charge is 0.219 e. The van der Waals surface area contributed by atoms with Crippen molar-refractivity contribution in [1.82, 2.24) is 4.90 Å². The van der Waals surface area contributed by atoms with Crippen LogP contribution in [0.15, 0.2) is 60.7 Å². The number of rotatable bonds is 6. The Morgan fingerprint density at radius 2 is 1.77 bits per heavy atom. The molecule has 0 unspecified atom stereocenters. The number of ether oxygens (including phenoxy) is 4. The average Bonchev–Trinajstić information content (AvgIpc) is 2.80. The van der Waals surface area contributed by atoms with E-state index in [1.165, 1.54) is 6.92 Å². The fourth-order valence-electron chi connectivity index (χ4n) is 4.22. The van der Waals surface area contributed by atoms with E-state index in [1.54, 1.807) is 4.90 Å². The van der Waals surface area contributed by atoms with Crippen LogP contribution in [0, 0.1) is 0 Å². The van der Waals surface area contributed by atoms with Crippen molar-refractivity contribution in [3.05, 3.63) is 71.8 Å². The first-order valence-electron chi connectivity index (χ1n) is 10.7. The lowest BCUT2D eigenvalue weighted by molar-refractivity contribution is -0.353. The topological polar surface area (TPSA) is 77.5 Å². The molecule has 4 rings (SSSR count). The zero-order valence-electron chi connectivity index (χ0n) is 17.8. The monoisotopic (exact) mass is 427 g/mol. The maximum atomic E-state index is 12.3. The standard InChI is InChI=1S/C24H29NO6/c1-3-25(16(2)26)20-21(27)22-19(15-29-23(31-22)18-12-8-5-9-13-18)30-24(20)28-14-17-10-6-4-7-11-17/h4-13,19-24,27H,3,14-15H2,1-2H3/t19-,20-,21-,22-,23-,24+/m1/s1. The number of hydrogen-bond acceptors (Lipinski definition) is 6. The molecule has 0 bridgehead atoms. The van der Waals surface area contributed by atoms with Crippen molar-refractivity contribution in [2.45, 2.75) is 57.4 Å². The second kappa shape index (κ2) is 9.89. The van der Waals surface area contributed by atoms with Gasteiger partial charge >= 0.3 is 0 Å². The molecule has 2 aromatic carbocycles. The SMILES string of the molecule is CCN(C(C)=O)[C@H]1[C@@H](OCc2ccccc2)O[C@@H]2CO[C@@H](c3ccccc3)O[C@H]2[C@@H]1O. The Kier molecular flexibility index (Phi) is 6.99. The van der Waals surface area contributed by atoms with Gasteiger partial charge in [-0.05, 0) is 12.5 Å². The maximum Gasteiger partial charge on any atom is 0.219 e. The van der Waals surface area contributed by atoms with Crippen molar-refractivity contribution in [3.8, 4) is 0 Å². The molecular weight excluding hydrogens is 398 g/mol. The number of benzene rings is 2. The number of nitrogens with zero attached hydrogens (tertiary/aromatic N) is 1. The number of hydrogen-bond donors (Lipinski definition) is 1. The third kappa shape index (κ3) is 4.81. The minimum atomic E-state index is -0.988. The van der Waals surface area contributed by atoms with Gasteiger partial charge < -0.3 is 29.0 Å². The van der Waals surface area contributed by atoms with Crippen molar-refractivity contribution in [1.29, 1.82) is 0 Å². The number of aliphatic hydroxyl groups is 1. The van der Waals surface area contributed by atoms with E-state index < -0.39 is 36.9 Å². The normalized spacial score (nSPS) is 30.4. The lowest BCUT2D eigenvalue weighted by atomic mass is 9.94. The van der Waals surface area contributed by atoms with E-state index in [0.29, 0.717) is 13.2 Å². The Hall–Kier alpha value is -2.29. The van der Waals surface area contributed by atoms with Crippen LogP contribution >= 0.6 is 0 Å². The summed E-state index contributed by atoms with van der Waals surface area (Å²) in [7, 11) is 0. The summed E-state index contributed by atoms with van der Waals surface area (Å²) in [6.07, 6.45) is -3.54. The van der Waals surface area contributed by atoms with Gasteiger partial charge in [-0.25, -0.2) is 0 Å². The van der Waals surface area contributed by atoms with E-state index >= 15 is 0 Å². The zero-order chi connectivity index (χ0) is 21.8. The van der Waals surface area contributed by atoms with Crippen LogP contribution < -0.4 is 0 Å². The molecule has 2 fully saturated rings. The third-order valence-corrected chi connectivity index (χ3v) is 5.77. The van der Waals surface area contributed by atoms with Crippen LogP contribution in [0.5, 0.6) is 0 Å². The van der Waals surface area contributed by atoms with Gasteiger partial charge in [-0.15, -0.1) is 0 Å². The molecule has 2 aliphatic heterocycles. The molecular formula is C24H29NO6. The summed E-state index contributed by atoms with van der Waals surface area (Å²) in [5.41, 5.74) is 1.85. The lowest BCUT2D eigenvalue weighted by Crippen LogP contribution is -2.67. The van der Waals surface area contributed by atoms with Gasteiger partial charge in [-0.3, -0.25) is 4.79 Å². The van der Waals surface area contributed by atoms with Crippen LogP contribution in [0.3, 0.4) is 0 Å². The van der Waals surface area contributed by atoms with E-state index in [0.717, 1.165) is 11.1 Å². The highest BCUT2D eigenvalue weighted by Crippen LogP contribution is 2.36. The van der Waals surface area contributed by atoms with Crippen LogP contribution in [0.4, 0.5) is 0 Å². The first-order chi connectivity index (χ1) is 15.1. The largest absolute Gasteiger partial charge is 0.388 e. The number of likely N-dealkylation sites (N-methyl/N-ethyl adjacent to an activating group) is 1. The van der Waals surface area contributed by atoms with Gasteiger partial charge in [0, 0.05) is 19.0 Å². The van der Waals surface area contributed by atoms with E-state index in [9.17, 15) is 9.90 Å². The van der Waals surface area contributed by atoms with Crippen LogP contribution in [-0.4, -0.2) is 59.7 Å². The number of aliphatic hydroxyl groups excluding tert-OH is 1. The zero-order valence-corrected chi connectivity index (χ0v) is 17.8. The molecule has 0 aliphatic carbocycles. The lowest BCUT2D eigenvalue weighted by Gasteiger charge is -2.50. The van der Waals surface area contributed by atoms with Crippen molar-refractivity contribution in [2.75, 3.05) is 13.2 Å². The van der Waals surface area contributed by atoms with Gasteiger partial charge in [0.2, 0.25) is 5.91 Å². The summed E-state index contributed by atoms with van der Waals surface area (Å²) in [5.74, 6) is -0.159. The molecule has 7 heteroatoms. The van der Waals surface area contributed by atoms with E-state index in [1.807, 2.05) is 67.6 Å². The summed E-state index contributed by atoms with van der Waals surface area (Å²) in [5, 5.41) is 11.3. The molecule has 1 amide bonds. The van der Waals surface area contributed by atoms with Gasteiger partial charge in [0.25, 0.3) is 0 Å². The average molecular weight is 427 g/mol. The van der Waals surface area contributed by atoms with Crippen molar-refractivity contribution in [3.63, 3.8) is 0 Å². The highest BCUT2D eigenvalue weighted by molar-refractivity contribution is 5.73. The predicted octanol–water partition coefficient (Wildman–Crippen LogP) is 2.64. The second-order valence-corrected chi connectivity index (χ2v) is 7.80. The Labute approximate surface area is 182 Å². The molecule has 2 aliphatic rings. The summed E-state index contributed by atoms with van der Waals surface area (Å²) in [6.45, 7) is 4.32. The van der Waals surface area contributed by atoms with Crippen molar-refractivity contribution in [2.24, 2.45) is 0 Å². The molecule has 0 saturated carbocycles. The van der Waals surface area contributed by atoms with Gasteiger partial charge in [0.15, 0.2) is 12.6 Å². The van der Waals surface area contributed by atoms with E-state index in [-0.39, 0.29) is 12.5 Å². The fourth-order valence-corrected chi connectivity index (χ4v) is 4.22. The summed E-state index contributed by atoms with van der Waals surface area (Å²) < 4.78 is 24.2. The molecule has 2 saturated heterocycles. The summed E-state index contributed by atoms with van der Waals surface area (Å²) in [6, 6.07) is 18.6. The second-order valence-electron chi connectivity index (χ2n) is 7.80. The van der Waals surface area contributed by atoms with Crippen LogP contribution in [0.2, 0.25) is 0 Å². The first kappa shape index (κ1) is 21.9. The molecule has 7 nitrogen and oxygen atoms in total. The number of carbonyl (C=O) groups excluding carboxylic acids is 1. The molecule has 2 aromatic rings. The highest BCUT2D eigenvalue weighted by atomic mass is 16.7. The Balaban J connectivity index is 1.54. The van der Waals surface area contributed by atoms with Gasteiger partial charge in [0.05, 0.1) is 13.2 Å². The summed E-state index contributed by atoms with van der Waals surface area (Å²) in [4.78, 5) is 13.9. The van der Waals surface area contributed by atoms with Crippen LogP contribution in [0.1, 0.15) is 31.3 Å². The Bertz CT molecular complexity index is 848. The number of amides is 1. The highest BCUT2D eigenvalue weighted by Gasteiger charge is 2.52. The molecule has 0 spiro atoms. The minimum absolute atomic E-state index is 0.159. The molecule has 31 heavy (non-hydrogen) atoms. The third-order valence-electron chi connectivity index (χ3n) is 5.77. The fraction of sp³-hybridized carbons (Fsp3) is 0.458. The van der Waals surface area contributed by atoms with E-state index in [4.69, 9.17) is 18.9 Å².